The van der Waals surface area contributed by atoms with Gasteiger partial charge in [0.25, 0.3) is 0 Å². The maximum atomic E-state index is 5.19. The summed E-state index contributed by atoms with van der Waals surface area (Å²) < 4.78 is 10.3. The minimum absolute atomic E-state index is 0.673. The Morgan fingerprint density at radius 1 is 1.13 bits per heavy atom. The van der Waals surface area contributed by atoms with Gasteiger partial charge in [-0.15, -0.1) is 0 Å². The average Bonchev–Trinajstić information content (AvgIpc) is 2.81. The molecule has 0 atom stereocenters. The second-order valence-corrected chi connectivity index (χ2v) is 2.90. The minimum Gasteiger partial charge on any atom is -0.493 e. The number of nitrogens with one attached hydrogen (secondary N) is 1. The monoisotopic (exact) mass is 205 g/mol. The van der Waals surface area contributed by atoms with Gasteiger partial charge in [0.15, 0.2) is 17.3 Å². The van der Waals surface area contributed by atoms with Crippen LogP contribution in [0.2, 0.25) is 0 Å². The van der Waals surface area contributed by atoms with Crippen LogP contribution in [0.15, 0.2) is 24.5 Å². The standard InChI is InChI=1S/C10H11N3O2/c1-14-8-4-3-7(5-9(8)15-2)10-11-6-12-13-10/h3-6H,1-2H3,(H,11,12,13). The fraction of sp³-hybridized carbons (Fsp3) is 0.200. The van der Waals surface area contributed by atoms with Crippen LogP contribution in [-0.4, -0.2) is 29.4 Å². The molecule has 15 heavy (non-hydrogen) atoms. The van der Waals surface area contributed by atoms with Gasteiger partial charge in [0.1, 0.15) is 6.33 Å². The van der Waals surface area contributed by atoms with Crippen molar-refractivity contribution in [2.24, 2.45) is 0 Å². The van der Waals surface area contributed by atoms with Crippen LogP contribution in [0.3, 0.4) is 0 Å². The topological polar surface area (TPSA) is 60.0 Å². The Hall–Kier alpha value is -2.04. The molecule has 1 aromatic heterocycles. The van der Waals surface area contributed by atoms with E-state index in [2.05, 4.69) is 15.2 Å². The van der Waals surface area contributed by atoms with E-state index in [1.165, 1.54) is 6.33 Å². The molecule has 1 N–H and O–H groups in total. The summed E-state index contributed by atoms with van der Waals surface area (Å²) in [6.45, 7) is 0. The first-order chi connectivity index (χ1) is 7.35. The van der Waals surface area contributed by atoms with Gasteiger partial charge in [0.2, 0.25) is 0 Å². The van der Waals surface area contributed by atoms with Crippen molar-refractivity contribution in [3.8, 4) is 22.9 Å². The zero-order valence-electron chi connectivity index (χ0n) is 8.52. The summed E-state index contributed by atoms with van der Waals surface area (Å²) in [5.74, 6) is 2.07. The number of methoxy groups -OCH3 is 2. The molecule has 5 nitrogen and oxygen atoms in total. The molecule has 78 valence electrons. The Morgan fingerprint density at radius 3 is 2.53 bits per heavy atom. The summed E-state index contributed by atoms with van der Waals surface area (Å²) in [7, 11) is 3.20. The van der Waals surface area contributed by atoms with E-state index in [9.17, 15) is 0 Å². The van der Waals surface area contributed by atoms with Gasteiger partial charge in [0, 0.05) is 5.56 Å². The van der Waals surface area contributed by atoms with Gasteiger partial charge in [0.05, 0.1) is 14.2 Å². The molecule has 0 unspecified atom stereocenters. The Bertz CT molecular complexity index is 440. The molecular formula is C10H11N3O2. The van der Waals surface area contributed by atoms with Gasteiger partial charge in [-0.2, -0.15) is 5.10 Å². The lowest BCUT2D eigenvalue weighted by Crippen LogP contribution is -1.91. The largest absolute Gasteiger partial charge is 0.493 e. The van der Waals surface area contributed by atoms with Crippen molar-refractivity contribution in [3.05, 3.63) is 24.5 Å². The lowest BCUT2D eigenvalue weighted by atomic mass is 10.2. The molecule has 1 aromatic carbocycles. The first-order valence-corrected chi connectivity index (χ1v) is 4.43. The van der Waals surface area contributed by atoms with E-state index in [1.54, 1.807) is 14.2 Å². The summed E-state index contributed by atoms with van der Waals surface area (Å²) >= 11 is 0. The van der Waals surface area contributed by atoms with Crippen LogP contribution in [0, 0.1) is 0 Å². The van der Waals surface area contributed by atoms with Crippen LogP contribution >= 0.6 is 0 Å². The molecule has 0 amide bonds. The zero-order chi connectivity index (χ0) is 10.7. The summed E-state index contributed by atoms with van der Waals surface area (Å²) in [6, 6.07) is 5.57. The first kappa shape index (κ1) is 9.51. The number of hydrogen-bond acceptors (Lipinski definition) is 4. The lowest BCUT2D eigenvalue weighted by molar-refractivity contribution is 0.355. The molecule has 0 saturated carbocycles. The van der Waals surface area contributed by atoms with Crippen LogP contribution in [-0.2, 0) is 0 Å². The van der Waals surface area contributed by atoms with Gasteiger partial charge in [-0.25, -0.2) is 4.98 Å². The van der Waals surface area contributed by atoms with Crippen LogP contribution in [0.1, 0.15) is 0 Å². The summed E-state index contributed by atoms with van der Waals surface area (Å²) in [6.07, 6.45) is 1.46. The third-order valence-electron chi connectivity index (χ3n) is 2.07. The maximum absolute atomic E-state index is 5.19. The highest BCUT2D eigenvalue weighted by molar-refractivity contribution is 5.60. The van der Waals surface area contributed by atoms with Crippen molar-refractivity contribution >= 4 is 0 Å². The van der Waals surface area contributed by atoms with Crippen molar-refractivity contribution in [2.45, 2.75) is 0 Å². The Balaban J connectivity index is 2.43. The minimum atomic E-state index is 0.673. The predicted molar refractivity (Wildman–Crippen MR) is 54.9 cm³/mol. The maximum Gasteiger partial charge on any atom is 0.161 e. The van der Waals surface area contributed by atoms with E-state index in [0.717, 1.165) is 5.56 Å². The van der Waals surface area contributed by atoms with Gasteiger partial charge in [-0.3, -0.25) is 5.10 Å². The Labute approximate surface area is 87.1 Å². The van der Waals surface area contributed by atoms with Gasteiger partial charge in [-0.05, 0) is 18.2 Å². The van der Waals surface area contributed by atoms with Crippen LogP contribution in [0.5, 0.6) is 11.5 Å². The smallest absolute Gasteiger partial charge is 0.161 e. The van der Waals surface area contributed by atoms with Crippen molar-refractivity contribution < 1.29 is 9.47 Å². The molecule has 0 bridgehead atoms. The summed E-state index contributed by atoms with van der Waals surface area (Å²) in [5.41, 5.74) is 0.908. The lowest BCUT2D eigenvalue weighted by Gasteiger charge is -2.07. The molecule has 0 aliphatic rings. The Morgan fingerprint density at radius 2 is 1.93 bits per heavy atom. The fourth-order valence-corrected chi connectivity index (χ4v) is 1.33. The van der Waals surface area contributed by atoms with Crippen LogP contribution < -0.4 is 9.47 Å². The second kappa shape index (κ2) is 4.00. The van der Waals surface area contributed by atoms with E-state index >= 15 is 0 Å². The highest BCUT2D eigenvalue weighted by Crippen LogP contribution is 2.30. The van der Waals surface area contributed by atoms with Crippen molar-refractivity contribution in [1.82, 2.24) is 15.2 Å². The molecule has 2 rings (SSSR count). The molecule has 0 aliphatic carbocycles. The third kappa shape index (κ3) is 1.76. The Kier molecular flexibility index (Phi) is 2.53. The van der Waals surface area contributed by atoms with E-state index in [1.807, 2.05) is 18.2 Å². The molecule has 5 heteroatoms. The van der Waals surface area contributed by atoms with Crippen molar-refractivity contribution in [2.75, 3.05) is 14.2 Å². The highest BCUT2D eigenvalue weighted by Gasteiger charge is 2.07. The van der Waals surface area contributed by atoms with Crippen molar-refractivity contribution in [3.63, 3.8) is 0 Å². The zero-order valence-corrected chi connectivity index (χ0v) is 8.52. The van der Waals surface area contributed by atoms with E-state index in [4.69, 9.17) is 9.47 Å². The number of nitrogens with zero attached hydrogens (tertiary/aromatic N) is 2. The molecule has 0 radical (unpaired) electrons. The van der Waals surface area contributed by atoms with Crippen molar-refractivity contribution in [1.29, 1.82) is 0 Å². The molecule has 0 spiro atoms. The van der Waals surface area contributed by atoms with Gasteiger partial charge < -0.3 is 9.47 Å². The van der Waals surface area contributed by atoms with Crippen LogP contribution in [0.25, 0.3) is 11.4 Å². The first-order valence-electron chi connectivity index (χ1n) is 4.43. The molecule has 1 heterocycles. The number of H-pyrrole nitrogens is 1. The predicted octanol–water partition coefficient (Wildman–Crippen LogP) is 1.49. The number of hydrogen-bond donors (Lipinski definition) is 1. The molecular weight excluding hydrogens is 194 g/mol. The SMILES string of the molecule is COc1ccc(-c2ncn[nH]2)cc1OC. The number of ether oxygens (including phenoxy) is 2. The number of rotatable bonds is 3. The normalized spacial score (nSPS) is 10.0. The van der Waals surface area contributed by atoms with E-state index < -0.39 is 0 Å². The van der Waals surface area contributed by atoms with Gasteiger partial charge in [-0.1, -0.05) is 0 Å². The van der Waals surface area contributed by atoms with E-state index in [0.29, 0.717) is 17.3 Å². The number of aromatic amines is 1. The average molecular weight is 205 g/mol. The quantitative estimate of drug-likeness (QED) is 0.824. The van der Waals surface area contributed by atoms with Gasteiger partial charge >= 0.3 is 0 Å². The summed E-state index contributed by atoms with van der Waals surface area (Å²) in [4.78, 5) is 4.05. The number of benzene rings is 1. The second-order valence-electron chi connectivity index (χ2n) is 2.90. The highest BCUT2D eigenvalue weighted by atomic mass is 16.5. The third-order valence-corrected chi connectivity index (χ3v) is 2.07. The fourth-order valence-electron chi connectivity index (χ4n) is 1.33. The molecule has 0 aliphatic heterocycles. The molecule has 2 aromatic rings. The molecule has 0 fully saturated rings. The number of aromatic nitrogens is 3. The van der Waals surface area contributed by atoms with E-state index in [-0.39, 0.29) is 0 Å². The summed E-state index contributed by atoms with van der Waals surface area (Å²) in [5, 5.41) is 6.57. The van der Waals surface area contributed by atoms with Crippen LogP contribution in [0.4, 0.5) is 0 Å². The molecule has 0 saturated heterocycles.